The van der Waals surface area contributed by atoms with Gasteiger partial charge in [-0.2, -0.15) is 4.31 Å². The number of nitrogens with one attached hydrogen (secondary N) is 1. The van der Waals surface area contributed by atoms with Crippen LogP contribution in [-0.4, -0.2) is 51.4 Å². The van der Waals surface area contributed by atoms with Crippen molar-refractivity contribution in [3.63, 3.8) is 0 Å². The van der Waals surface area contributed by atoms with Crippen LogP contribution in [0.25, 0.3) is 0 Å². The van der Waals surface area contributed by atoms with Crippen molar-refractivity contribution in [2.75, 3.05) is 20.2 Å². The topological polar surface area (TPSA) is 102 Å². The maximum atomic E-state index is 13.6. The standard InChI is InChI=1S/C27H30N2O6S2/c1-4-22-14-29(37(32,33)26-8-6-5-7-24(26)35-22)13-20-11-19(10-9-18(20)2)23(15-34-17-30)21-12-25(36-16-21)27(31)28-3/h5-12,16-17,22-23H,4,13-15H2,1-3H3,(H,28,31)/t22-,23?/m1/s1. The van der Waals surface area contributed by atoms with Gasteiger partial charge in [-0.15, -0.1) is 11.3 Å². The van der Waals surface area contributed by atoms with E-state index in [1.807, 2.05) is 37.4 Å². The van der Waals surface area contributed by atoms with Crippen LogP contribution in [-0.2, 0) is 26.1 Å². The first-order valence-corrected chi connectivity index (χ1v) is 14.3. The van der Waals surface area contributed by atoms with E-state index < -0.39 is 10.0 Å². The Morgan fingerprint density at radius 2 is 2.03 bits per heavy atom. The molecule has 2 aromatic carbocycles. The van der Waals surface area contributed by atoms with Crippen LogP contribution in [0.2, 0.25) is 0 Å². The van der Waals surface area contributed by atoms with E-state index in [9.17, 15) is 18.0 Å². The fourth-order valence-electron chi connectivity index (χ4n) is 4.37. The second kappa shape index (κ2) is 11.5. The van der Waals surface area contributed by atoms with Gasteiger partial charge in [0.05, 0.1) is 11.4 Å². The summed E-state index contributed by atoms with van der Waals surface area (Å²) in [6.45, 7) is 4.81. The van der Waals surface area contributed by atoms with Crippen LogP contribution in [0.1, 0.15) is 51.2 Å². The number of benzene rings is 2. The Kier molecular flexibility index (Phi) is 8.31. The Balaban J connectivity index is 1.70. The van der Waals surface area contributed by atoms with Crippen LogP contribution in [0.15, 0.2) is 58.8 Å². The third-order valence-electron chi connectivity index (χ3n) is 6.55. The number of amides is 1. The van der Waals surface area contributed by atoms with Gasteiger partial charge in [0, 0.05) is 19.5 Å². The lowest BCUT2D eigenvalue weighted by molar-refractivity contribution is -0.128. The van der Waals surface area contributed by atoms with Gasteiger partial charge in [0.1, 0.15) is 23.4 Å². The molecule has 0 aliphatic carbocycles. The minimum Gasteiger partial charge on any atom is -0.488 e. The highest BCUT2D eigenvalue weighted by Crippen LogP contribution is 2.34. The van der Waals surface area contributed by atoms with Crippen molar-refractivity contribution in [3.8, 4) is 5.75 Å². The number of carbonyl (C=O) groups excluding carboxylic acids is 2. The molecule has 37 heavy (non-hydrogen) atoms. The predicted octanol–water partition coefficient (Wildman–Crippen LogP) is 4.08. The van der Waals surface area contributed by atoms with Crippen LogP contribution in [0.4, 0.5) is 0 Å². The zero-order valence-corrected chi connectivity index (χ0v) is 22.6. The second-order valence-corrected chi connectivity index (χ2v) is 11.7. The van der Waals surface area contributed by atoms with Crippen molar-refractivity contribution in [1.82, 2.24) is 9.62 Å². The van der Waals surface area contributed by atoms with Gasteiger partial charge < -0.3 is 14.8 Å². The summed E-state index contributed by atoms with van der Waals surface area (Å²) in [4.78, 5) is 23.8. The highest BCUT2D eigenvalue weighted by molar-refractivity contribution is 7.89. The largest absolute Gasteiger partial charge is 0.488 e. The van der Waals surface area contributed by atoms with Crippen LogP contribution in [0.3, 0.4) is 0 Å². The summed E-state index contributed by atoms with van der Waals surface area (Å²) in [5, 5.41) is 4.50. The molecule has 10 heteroatoms. The van der Waals surface area contributed by atoms with Crippen molar-refractivity contribution in [2.24, 2.45) is 0 Å². The lowest BCUT2D eigenvalue weighted by Crippen LogP contribution is -2.36. The molecule has 196 valence electrons. The zero-order valence-electron chi connectivity index (χ0n) is 21.0. The van der Waals surface area contributed by atoms with E-state index in [1.165, 1.54) is 15.6 Å². The maximum absolute atomic E-state index is 13.6. The molecule has 3 aromatic rings. The molecule has 1 unspecified atom stereocenters. The monoisotopic (exact) mass is 542 g/mol. The van der Waals surface area contributed by atoms with Gasteiger partial charge in [-0.1, -0.05) is 37.3 Å². The minimum absolute atomic E-state index is 0.0943. The summed E-state index contributed by atoms with van der Waals surface area (Å²) in [7, 11) is -2.22. The third-order valence-corrected chi connectivity index (χ3v) is 9.35. The highest BCUT2D eigenvalue weighted by atomic mass is 32.2. The Morgan fingerprint density at radius 3 is 2.76 bits per heavy atom. The molecule has 2 heterocycles. The molecule has 0 saturated heterocycles. The summed E-state index contributed by atoms with van der Waals surface area (Å²) in [6, 6.07) is 14.4. The number of para-hydroxylation sites is 1. The Hall–Kier alpha value is -3.21. The van der Waals surface area contributed by atoms with Gasteiger partial charge in [0.25, 0.3) is 12.4 Å². The molecule has 0 fully saturated rings. The van der Waals surface area contributed by atoms with E-state index in [1.54, 1.807) is 37.4 Å². The summed E-state index contributed by atoms with van der Waals surface area (Å²) < 4.78 is 39.9. The number of rotatable bonds is 9. The van der Waals surface area contributed by atoms with Gasteiger partial charge in [-0.25, -0.2) is 8.42 Å². The number of sulfonamides is 1. The zero-order chi connectivity index (χ0) is 26.6. The molecule has 4 rings (SSSR count). The number of ether oxygens (including phenoxy) is 2. The first-order valence-electron chi connectivity index (χ1n) is 12.0. The first-order chi connectivity index (χ1) is 17.8. The van der Waals surface area contributed by atoms with Gasteiger partial charge >= 0.3 is 0 Å². The Bertz CT molecular complexity index is 1390. The van der Waals surface area contributed by atoms with Crippen LogP contribution in [0.5, 0.6) is 5.75 Å². The number of hydrogen-bond acceptors (Lipinski definition) is 7. The molecular formula is C27H30N2O6S2. The third kappa shape index (κ3) is 5.71. The molecule has 1 amide bonds. The van der Waals surface area contributed by atoms with Crippen molar-refractivity contribution < 1.29 is 27.5 Å². The van der Waals surface area contributed by atoms with Crippen LogP contribution < -0.4 is 10.1 Å². The average Bonchev–Trinajstić information content (AvgIpc) is 3.35. The summed E-state index contributed by atoms with van der Waals surface area (Å²) >= 11 is 1.32. The molecule has 0 spiro atoms. The SMILES string of the molecule is CC[C@@H]1CN(Cc2cc(C(COC=O)c3csc(C(=O)NC)c3)ccc2C)S(=O)(=O)c2ccccc2O1. The molecule has 0 radical (unpaired) electrons. The molecule has 8 nitrogen and oxygen atoms in total. The highest BCUT2D eigenvalue weighted by Gasteiger charge is 2.34. The van der Waals surface area contributed by atoms with E-state index in [4.69, 9.17) is 9.47 Å². The molecule has 0 bridgehead atoms. The number of thiophene rings is 1. The molecule has 1 aliphatic heterocycles. The van der Waals surface area contributed by atoms with Crippen molar-refractivity contribution in [1.29, 1.82) is 0 Å². The molecular weight excluding hydrogens is 512 g/mol. The Morgan fingerprint density at radius 1 is 1.24 bits per heavy atom. The van der Waals surface area contributed by atoms with E-state index in [0.717, 1.165) is 22.3 Å². The quantitative estimate of drug-likeness (QED) is 0.409. The fourth-order valence-corrected chi connectivity index (χ4v) is 6.85. The van der Waals surface area contributed by atoms with Crippen LogP contribution in [0, 0.1) is 6.92 Å². The van der Waals surface area contributed by atoms with E-state index in [0.29, 0.717) is 23.5 Å². The lowest BCUT2D eigenvalue weighted by atomic mass is 9.91. The number of fused-ring (bicyclic) bond motifs is 1. The van der Waals surface area contributed by atoms with E-state index in [-0.39, 0.29) is 42.5 Å². The summed E-state index contributed by atoms with van der Waals surface area (Å²) in [6.07, 6.45) is 0.389. The van der Waals surface area contributed by atoms with Gasteiger partial charge in [-0.05, 0) is 59.2 Å². The predicted molar refractivity (Wildman–Crippen MR) is 141 cm³/mol. The van der Waals surface area contributed by atoms with E-state index >= 15 is 0 Å². The normalized spacial score (nSPS) is 17.6. The van der Waals surface area contributed by atoms with E-state index in [2.05, 4.69) is 5.32 Å². The molecule has 2 atom stereocenters. The number of hydrogen-bond donors (Lipinski definition) is 1. The summed E-state index contributed by atoms with van der Waals surface area (Å²) in [5.74, 6) is -0.125. The first kappa shape index (κ1) is 26.8. The van der Waals surface area contributed by atoms with Crippen molar-refractivity contribution >= 4 is 33.7 Å². The lowest BCUT2D eigenvalue weighted by Gasteiger charge is -2.24. The Labute approximate surface area is 221 Å². The smallest absolute Gasteiger partial charge is 0.293 e. The molecule has 1 aliphatic rings. The number of aryl methyl sites for hydroxylation is 1. The van der Waals surface area contributed by atoms with Gasteiger partial charge in [0.2, 0.25) is 10.0 Å². The van der Waals surface area contributed by atoms with Gasteiger partial charge in [-0.3, -0.25) is 9.59 Å². The molecule has 0 saturated carbocycles. The molecule has 1 N–H and O–H groups in total. The maximum Gasteiger partial charge on any atom is 0.293 e. The van der Waals surface area contributed by atoms with Crippen molar-refractivity contribution in [3.05, 3.63) is 81.0 Å². The van der Waals surface area contributed by atoms with Crippen LogP contribution >= 0.6 is 11.3 Å². The second-order valence-electron chi connectivity index (χ2n) is 8.88. The summed E-state index contributed by atoms with van der Waals surface area (Å²) in [5.41, 5.74) is 3.49. The number of nitrogens with zero attached hydrogens (tertiary/aromatic N) is 1. The number of carbonyl (C=O) groups is 2. The molecule has 1 aromatic heterocycles. The average molecular weight is 543 g/mol. The minimum atomic E-state index is -3.79. The fraction of sp³-hybridized carbons (Fsp3) is 0.333. The van der Waals surface area contributed by atoms with Crippen molar-refractivity contribution in [2.45, 2.75) is 43.7 Å². The van der Waals surface area contributed by atoms with Gasteiger partial charge in [0.15, 0.2) is 0 Å².